The number of benzene rings is 3. The van der Waals surface area contributed by atoms with E-state index in [-0.39, 0.29) is 6.61 Å². The zero-order valence-corrected chi connectivity index (χ0v) is 21.3. The van der Waals surface area contributed by atoms with Crippen LogP contribution in [0.25, 0.3) is 11.6 Å². The summed E-state index contributed by atoms with van der Waals surface area (Å²) in [5.74, 6) is 2.23. The molecule has 8 nitrogen and oxygen atoms in total. The summed E-state index contributed by atoms with van der Waals surface area (Å²) in [5, 5.41) is 13.4. The van der Waals surface area contributed by atoms with E-state index in [2.05, 4.69) is 5.32 Å². The third-order valence-electron chi connectivity index (χ3n) is 5.43. The van der Waals surface area contributed by atoms with Crippen molar-refractivity contribution in [1.82, 2.24) is 5.32 Å². The van der Waals surface area contributed by atoms with Gasteiger partial charge in [0.2, 0.25) is 0 Å². The van der Waals surface area contributed by atoms with Gasteiger partial charge in [-0.15, -0.1) is 0 Å². The molecule has 0 aliphatic rings. The van der Waals surface area contributed by atoms with Gasteiger partial charge in [0.25, 0.3) is 0 Å². The van der Waals surface area contributed by atoms with Crippen molar-refractivity contribution in [3.05, 3.63) is 83.9 Å². The molecule has 0 saturated carbocycles. The molecular weight excluding hydrogens is 474 g/mol. The summed E-state index contributed by atoms with van der Waals surface area (Å²) in [4.78, 5) is 12.4. The number of hydrogen-bond donors (Lipinski definition) is 2. The number of aliphatic hydroxyl groups excluding tert-OH is 1. The van der Waals surface area contributed by atoms with Crippen LogP contribution in [0.5, 0.6) is 23.0 Å². The molecule has 0 aliphatic heterocycles. The van der Waals surface area contributed by atoms with Gasteiger partial charge in [-0.25, -0.2) is 4.79 Å². The van der Waals surface area contributed by atoms with Gasteiger partial charge in [0.15, 0.2) is 11.5 Å². The van der Waals surface area contributed by atoms with Crippen molar-refractivity contribution < 1.29 is 33.6 Å². The molecular formula is C29H33NO7. The number of para-hydroxylation sites is 2. The lowest BCUT2D eigenvalue weighted by atomic mass is 10.0. The Morgan fingerprint density at radius 2 is 1.54 bits per heavy atom. The van der Waals surface area contributed by atoms with Crippen LogP contribution < -0.4 is 24.3 Å². The Bertz CT molecular complexity index is 1140. The maximum Gasteiger partial charge on any atom is 0.338 e. The molecule has 2 N–H and O–H groups in total. The quantitative estimate of drug-likeness (QED) is 0.147. The number of esters is 1. The molecule has 3 aromatic rings. The fourth-order valence-corrected chi connectivity index (χ4v) is 3.46. The Morgan fingerprint density at radius 3 is 2.19 bits per heavy atom. The molecule has 0 bridgehead atoms. The lowest BCUT2D eigenvalue weighted by molar-refractivity contribution is -0.133. The Kier molecular flexibility index (Phi) is 10.8. The summed E-state index contributed by atoms with van der Waals surface area (Å²) in [5.41, 5.74) is 1.95. The van der Waals surface area contributed by atoms with Crippen molar-refractivity contribution in [2.75, 3.05) is 47.6 Å². The highest BCUT2D eigenvalue weighted by molar-refractivity contribution is 6.21. The minimum absolute atomic E-state index is 0.134. The summed E-state index contributed by atoms with van der Waals surface area (Å²) in [6.45, 7) is 1.50. The molecule has 8 heteroatoms. The van der Waals surface area contributed by atoms with Crippen LogP contribution in [-0.4, -0.2) is 64.8 Å². The van der Waals surface area contributed by atoms with Gasteiger partial charge in [-0.3, -0.25) is 0 Å². The summed E-state index contributed by atoms with van der Waals surface area (Å²) in [6, 6.07) is 21.9. The molecule has 0 saturated heterocycles. The molecule has 0 heterocycles. The SMILES string of the molecule is COC(=O)C(=Cc1ccc(OCC(O)CNCCOc2ccccc2OC)cc1)c1ccc(OC)cc1. The van der Waals surface area contributed by atoms with E-state index < -0.39 is 12.1 Å². The lowest BCUT2D eigenvalue weighted by Gasteiger charge is -2.14. The number of hydrogen-bond acceptors (Lipinski definition) is 8. The van der Waals surface area contributed by atoms with Crippen LogP contribution in [0.15, 0.2) is 72.8 Å². The first kappa shape index (κ1) is 27.6. The average molecular weight is 508 g/mol. The zero-order valence-electron chi connectivity index (χ0n) is 21.3. The highest BCUT2D eigenvalue weighted by atomic mass is 16.5. The van der Waals surface area contributed by atoms with E-state index in [1.807, 2.05) is 36.4 Å². The van der Waals surface area contributed by atoms with E-state index in [9.17, 15) is 9.90 Å². The fourth-order valence-electron chi connectivity index (χ4n) is 3.46. The smallest absolute Gasteiger partial charge is 0.338 e. The zero-order chi connectivity index (χ0) is 26.5. The fraction of sp³-hybridized carbons (Fsp3) is 0.276. The summed E-state index contributed by atoms with van der Waals surface area (Å²) in [6.07, 6.45) is 1.07. The minimum atomic E-state index is -0.688. The third-order valence-corrected chi connectivity index (χ3v) is 5.43. The van der Waals surface area contributed by atoms with Crippen LogP contribution in [0.4, 0.5) is 0 Å². The molecule has 0 aromatic heterocycles. The molecule has 1 unspecified atom stereocenters. The highest BCUT2D eigenvalue weighted by Crippen LogP contribution is 2.26. The highest BCUT2D eigenvalue weighted by Gasteiger charge is 2.13. The largest absolute Gasteiger partial charge is 0.497 e. The monoisotopic (exact) mass is 507 g/mol. The van der Waals surface area contributed by atoms with Gasteiger partial charge in [0.1, 0.15) is 30.8 Å². The summed E-state index contributed by atoms with van der Waals surface area (Å²) in [7, 11) is 4.54. The summed E-state index contributed by atoms with van der Waals surface area (Å²) >= 11 is 0. The Labute approximate surface area is 217 Å². The van der Waals surface area contributed by atoms with Gasteiger partial charge >= 0.3 is 5.97 Å². The predicted molar refractivity (Wildman–Crippen MR) is 142 cm³/mol. The number of aliphatic hydroxyl groups is 1. The Balaban J connectivity index is 1.46. The lowest BCUT2D eigenvalue weighted by Crippen LogP contribution is -2.33. The first-order valence-corrected chi connectivity index (χ1v) is 11.9. The molecule has 1 atom stereocenters. The maximum atomic E-state index is 12.4. The van der Waals surface area contributed by atoms with Crippen molar-refractivity contribution in [3.8, 4) is 23.0 Å². The second kappa shape index (κ2) is 14.5. The third kappa shape index (κ3) is 8.56. The molecule has 37 heavy (non-hydrogen) atoms. The molecule has 196 valence electrons. The molecule has 0 spiro atoms. The van der Waals surface area contributed by atoms with Gasteiger partial charge in [0.05, 0.1) is 26.9 Å². The van der Waals surface area contributed by atoms with Gasteiger partial charge in [-0.05, 0) is 53.6 Å². The van der Waals surface area contributed by atoms with Crippen LogP contribution in [0.2, 0.25) is 0 Å². The number of nitrogens with one attached hydrogen (secondary N) is 1. The number of rotatable bonds is 14. The van der Waals surface area contributed by atoms with Crippen molar-refractivity contribution in [2.45, 2.75) is 6.10 Å². The van der Waals surface area contributed by atoms with E-state index in [0.29, 0.717) is 48.3 Å². The van der Waals surface area contributed by atoms with Gasteiger partial charge in [0, 0.05) is 13.1 Å². The predicted octanol–water partition coefficient (Wildman–Crippen LogP) is 3.83. The number of carbonyl (C=O) groups is 1. The van der Waals surface area contributed by atoms with Crippen LogP contribution in [0, 0.1) is 0 Å². The molecule has 0 aliphatic carbocycles. The molecule has 0 fully saturated rings. The Morgan fingerprint density at radius 1 is 0.865 bits per heavy atom. The van der Waals surface area contributed by atoms with Crippen molar-refractivity contribution in [2.24, 2.45) is 0 Å². The maximum absolute atomic E-state index is 12.4. The van der Waals surface area contributed by atoms with E-state index in [1.165, 1.54) is 7.11 Å². The van der Waals surface area contributed by atoms with E-state index in [4.69, 9.17) is 23.7 Å². The second-order valence-electron chi connectivity index (χ2n) is 8.02. The first-order chi connectivity index (χ1) is 18.0. The van der Waals surface area contributed by atoms with Crippen LogP contribution in [0.1, 0.15) is 11.1 Å². The number of ether oxygens (including phenoxy) is 5. The van der Waals surface area contributed by atoms with E-state index >= 15 is 0 Å². The molecule has 3 aromatic carbocycles. The van der Waals surface area contributed by atoms with Crippen molar-refractivity contribution >= 4 is 17.6 Å². The van der Waals surface area contributed by atoms with Gasteiger partial charge in [-0.1, -0.05) is 36.4 Å². The van der Waals surface area contributed by atoms with Crippen LogP contribution in [0.3, 0.4) is 0 Å². The van der Waals surface area contributed by atoms with E-state index in [0.717, 1.165) is 11.1 Å². The van der Waals surface area contributed by atoms with Crippen molar-refractivity contribution in [1.29, 1.82) is 0 Å². The minimum Gasteiger partial charge on any atom is -0.497 e. The van der Waals surface area contributed by atoms with Crippen LogP contribution >= 0.6 is 0 Å². The molecule has 0 radical (unpaired) electrons. The van der Waals surface area contributed by atoms with Crippen molar-refractivity contribution in [3.63, 3.8) is 0 Å². The normalized spacial score (nSPS) is 11.9. The topological polar surface area (TPSA) is 95.5 Å². The summed E-state index contributed by atoms with van der Waals surface area (Å²) < 4.78 is 26.8. The van der Waals surface area contributed by atoms with Gasteiger partial charge < -0.3 is 34.1 Å². The average Bonchev–Trinajstić information content (AvgIpc) is 2.95. The Hall–Kier alpha value is -4.01. The standard InChI is InChI=1S/C29H33NO7/c1-33-24-14-10-22(11-15-24)26(29(32)35-3)18-21-8-12-25(13-9-21)37-20-23(31)19-30-16-17-36-28-7-5-4-6-27(28)34-2/h4-15,18,23,30-31H,16-17,19-20H2,1-3H3. The number of carbonyl (C=O) groups excluding carboxylic acids is 1. The number of methoxy groups -OCH3 is 3. The van der Waals surface area contributed by atoms with Crippen LogP contribution in [-0.2, 0) is 9.53 Å². The van der Waals surface area contributed by atoms with Gasteiger partial charge in [-0.2, -0.15) is 0 Å². The molecule has 3 rings (SSSR count). The second-order valence-corrected chi connectivity index (χ2v) is 8.02. The first-order valence-electron chi connectivity index (χ1n) is 11.9. The van der Waals surface area contributed by atoms with E-state index in [1.54, 1.807) is 56.7 Å². The molecule has 0 amide bonds.